The first-order valence-electron chi connectivity index (χ1n) is 9.03. The molecule has 2 aromatic heterocycles. The number of carbonyl (C=O) groups is 2. The van der Waals surface area contributed by atoms with Crippen LogP contribution in [0.5, 0.6) is 0 Å². The highest BCUT2D eigenvalue weighted by molar-refractivity contribution is 6.21. The maximum absolute atomic E-state index is 12.7. The number of benzene rings is 1. The van der Waals surface area contributed by atoms with Gasteiger partial charge in [-0.1, -0.05) is 17.3 Å². The minimum Gasteiger partial charge on any atom is -0.359 e. The Morgan fingerprint density at radius 3 is 2.44 bits per heavy atom. The lowest BCUT2D eigenvalue weighted by molar-refractivity contribution is 0.0573. The maximum atomic E-state index is 12.7. The van der Waals surface area contributed by atoms with Gasteiger partial charge in [-0.3, -0.25) is 19.5 Å². The molecule has 1 aromatic carbocycles. The molecular weight excluding hydrogens is 342 g/mol. The van der Waals surface area contributed by atoms with Gasteiger partial charge in [-0.05, 0) is 44.0 Å². The first kappa shape index (κ1) is 15.9. The molecule has 0 bridgehead atoms. The van der Waals surface area contributed by atoms with Crippen molar-refractivity contribution in [2.45, 2.75) is 31.7 Å². The number of aromatic nitrogens is 2. The van der Waals surface area contributed by atoms with Crippen LogP contribution in [-0.4, -0.2) is 26.9 Å². The first-order valence-corrected chi connectivity index (χ1v) is 9.03. The Hall–Kier alpha value is -3.28. The van der Waals surface area contributed by atoms with E-state index in [1.807, 2.05) is 12.1 Å². The van der Waals surface area contributed by atoms with E-state index in [4.69, 9.17) is 4.52 Å². The summed E-state index contributed by atoms with van der Waals surface area (Å²) in [7, 11) is 0. The van der Waals surface area contributed by atoms with Crippen LogP contribution in [0.2, 0.25) is 0 Å². The predicted octanol–water partition coefficient (Wildman–Crippen LogP) is 3.97. The highest BCUT2D eigenvalue weighted by Crippen LogP contribution is 2.40. The molecule has 27 heavy (non-hydrogen) atoms. The number of hydrogen-bond acceptors (Lipinski definition) is 5. The van der Waals surface area contributed by atoms with Gasteiger partial charge in [0.05, 0.1) is 17.2 Å². The van der Waals surface area contributed by atoms with Gasteiger partial charge in [0.25, 0.3) is 11.8 Å². The molecule has 1 aliphatic carbocycles. The number of imide groups is 1. The van der Waals surface area contributed by atoms with E-state index in [-0.39, 0.29) is 11.8 Å². The Balaban J connectivity index is 1.44. The second-order valence-corrected chi connectivity index (χ2v) is 7.06. The van der Waals surface area contributed by atoms with Gasteiger partial charge in [-0.2, -0.15) is 0 Å². The monoisotopic (exact) mass is 359 g/mol. The van der Waals surface area contributed by atoms with Gasteiger partial charge in [0.2, 0.25) is 0 Å². The van der Waals surface area contributed by atoms with Crippen molar-refractivity contribution in [2.75, 3.05) is 0 Å². The summed E-state index contributed by atoms with van der Waals surface area (Å²) in [6, 6.07) is 12.0. The average Bonchev–Trinajstić information content (AvgIpc) is 3.38. The second-order valence-electron chi connectivity index (χ2n) is 7.06. The summed E-state index contributed by atoms with van der Waals surface area (Å²) in [5, 5.41) is 4.15. The average molecular weight is 359 g/mol. The van der Waals surface area contributed by atoms with E-state index in [0.29, 0.717) is 28.5 Å². The zero-order valence-electron chi connectivity index (χ0n) is 14.8. The van der Waals surface area contributed by atoms with Crippen molar-refractivity contribution < 1.29 is 14.1 Å². The standard InChI is InChI=1S/C21H17N3O3/c1-12(24-20(25)15-4-2-3-5-16(15)21(24)26)19-11-18(23-27-19)14-8-9-22-17(10-14)13-6-7-13/h2-5,8-13H,6-7H2,1H3/t12-/m1/s1. The zero-order valence-corrected chi connectivity index (χ0v) is 14.8. The molecule has 0 spiro atoms. The lowest BCUT2D eigenvalue weighted by Gasteiger charge is -2.19. The van der Waals surface area contributed by atoms with Crippen LogP contribution in [0.3, 0.4) is 0 Å². The molecule has 0 radical (unpaired) electrons. The molecule has 1 saturated carbocycles. The minimum absolute atomic E-state index is 0.305. The van der Waals surface area contributed by atoms with Crippen molar-refractivity contribution in [2.24, 2.45) is 0 Å². The van der Waals surface area contributed by atoms with E-state index in [9.17, 15) is 9.59 Å². The Morgan fingerprint density at radius 2 is 1.78 bits per heavy atom. The molecule has 1 fully saturated rings. The highest BCUT2D eigenvalue weighted by Gasteiger charge is 2.40. The van der Waals surface area contributed by atoms with E-state index in [1.54, 1.807) is 43.5 Å². The smallest absolute Gasteiger partial charge is 0.262 e. The Labute approximate surface area is 155 Å². The van der Waals surface area contributed by atoms with Crippen LogP contribution < -0.4 is 0 Å². The number of carbonyl (C=O) groups excluding carboxylic acids is 2. The fourth-order valence-electron chi connectivity index (χ4n) is 3.52. The number of nitrogens with zero attached hydrogens (tertiary/aromatic N) is 3. The molecule has 5 rings (SSSR count). The molecule has 2 amide bonds. The molecule has 0 unspecified atom stereocenters. The number of amides is 2. The number of rotatable bonds is 4. The van der Waals surface area contributed by atoms with Crippen molar-refractivity contribution in [1.82, 2.24) is 15.0 Å². The normalized spacial score (nSPS) is 17.3. The largest absolute Gasteiger partial charge is 0.359 e. The van der Waals surface area contributed by atoms with E-state index in [0.717, 1.165) is 11.3 Å². The number of fused-ring (bicyclic) bond motifs is 1. The van der Waals surface area contributed by atoms with E-state index in [2.05, 4.69) is 10.1 Å². The van der Waals surface area contributed by atoms with Crippen molar-refractivity contribution >= 4 is 11.8 Å². The fraction of sp³-hybridized carbons (Fsp3) is 0.238. The lowest BCUT2D eigenvalue weighted by Crippen LogP contribution is -2.32. The van der Waals surface area contributed by atoms with Crippen LogP contribution in [0.15, 0.2) is 53.2 Å². The Bertz CT molecular complexity index is 1030. The van der Waals surface area contributed by atoms with Gasteiger partial charge in [0.1, 0.15) is 5.69 Å². The van der Waals surface area contributed by atoms with Crippen LogP contribution in [-0.2, 0) is 0 Å². The summed E-state index contributed by atoms with van der Waals surface area (Å²) in [5.41, 5.74) is 3.54. The van der Waals surface area contributed by atoms with Crippen LogP contribution in [0.4, 0.5) is 0 Å². The molecular formula is C21H17N3O3. The third-order valence-corrected chi connectivity index (χ3v) is 5.23. The SMILES string of the molecule is C[C@H](c1cc(-c2ccnc(C3CC3)c2)no1)N1C(=O)c2ccccc2C1=O. The molecule has 6 heteroatoms. The summed E-state index contributed by atoms with van der Waals surface area (Å²) in [4.78, 5) is 31.0. The third kappa shape index (κ3) is 2.56. The maximum Gasteiger partial charge on any atom is 0.262 e. The van der Waals surface area contributed by atoms with E-state index < -0.39 is 6.04 Å². The van der Waals surface area contributed by atoms with Gasteiger partial charge in [-0.15, -0.1) is 0 Å². The molecule has 2 aliphatic rings. The summed E-state index contributed by atoms with van der Waals surface area (Å²) >= 11 is 0. The molecule has 6 nitrogen and oxygen atoms in total. The van der Waals surface area contributed by atoms with Crippen molar-refractivity contribution in [3.8, 4) is 11.3 Å². The van der Waals surface area contributed by atoms with Gasteiger partial charge in [0.15, 0.2) is 5.76 Å². The summed E-state index contributed by atoms with van der Waals surface area (Å²) in [6.45, 7) is 1.77. The van der Waals surface area contributed by atoms with Crippen LogP contribution in [0, 0.1) is 0 Å². The van der Waals surface area contributed by atoms with Crippen LogP contribution in [0.25, 0.3) is 11.3 Å². The molecule has 0 saturated heterocycles. The Kier molecular flexibility index (Phi) is 3.47. The van der Waals surface area contributed by atoms with E-state index in [1.165, 1.54) is 17.7 Å². The highest BCUT2D eigenvalue weighted by atomic mass is 16.5. The van der Waals surface area contributed by atoms with Crippen LogP contribution >= 0.6 is 0 Å². The third-order valence-electron chi connectivity index (χ3n) is 5.23. The van der Waals surface area contributed by atoms with Crippen molar-refractivity contribution in [3.05, 3.63) is 71.2 Å². The lowest BCUT2D eigenvalue weighted by atomic mass is 10.1. The fourth-order valence-corrected chi connectivity index (χ4v) is 3.52. The summed E-state index contributed by atoms with van der Waals surface area (Å²) in [5.74, 6) is 0.417. The zero-order chi connectivity index (χ0) is 18.5. The second kappa shape index (κ2) is 5.87. The molecule has 3 aromatic rings. The van der Waals surface area contributed by atoms with Crippen molar-refractivity contribution in [1.29, 1.82) is 0 Å². The van der Waals surface area contributed by atoms with E-state index >= 15 is 0 Å². The van der Waals surface area contributed by atoms with Gasteiger partial charge in [-0.25, -0.2) is 0 Å². The van der Waals surface area contributed by atoms with Crippen molar-refractivity contribution in [3.63, 3.8) is 0 Å². The number of pyridine rings is 1. The molecule has 3 heterocycles. The van der Waals surface area contributed by atoms with Gasteiger partial charge >= 0.3 is 0 Å². The van der Waals surface area contributed by atoms with Gasteiger partial charge in [0, 0.05) is 29.4 Å². The van der Waals surface area contributed by atoms with Crippen LogP contribution in [0.1, 0.15) is 63.9 Å². The predicted molar refractivity (Wildman–Crippen MR) is 97.1 cm³/mol. The summed E-state index contributed by atoms with van der Waals surface area (Å²) < 4.78 is 5.49. The molecule has 0 N–H and O–H groups in total. The topological polar surface area (TPSA) is 76.3 Å². The minimum atomic E-state index is -0.539. The first-order chi connectivity index (χ1) is 13.1. The van der Waals surface area contributed by atoms with Gasteiger partial charge < -0.3 is 4.52 Å². The molecule has 1 atom stereocenters. The Morgan fingerprint density at radius 1 is 1.07 bits per heavy atom. The molecule has 134 valence electrons. The number of hydrogen-bond donors (Lipinski definition) is 0. The molecule has 1 aliphatic heterocycles. The quantitative estimate of drug-likeness (QED) is 0.659. The summed E-state index contributed by atoms with van der Waals surface area (Å²) in [6.07, 6.45) is 4.14.